The van der Waals surface area contributed by atoms with Crippen LogP contribution in [0.4, 0.5) is 4.79 Å². The number of ether oxygens (including phenoxy) is 1. The van der Waals surface area contributed by atoms with Crippen molar-refractivity contribution >= 4 is 39.3 Å². The third kappa shape index (κ3) is 4.30. The minimum absolute atomic E-state index is 0.00711. The smallest absolute Gasteiger partial charge is 0.404 e. The molecule has 7 nitrogen and oxygen atoms in total. The first-order valence-electron chi connectivity index (χ1n) is 4.56. The van der Waals surface area contributed by atoms with Crippen molar-refractivity contribution in [3.8, 4) is 0 Å². The van der Waals surface area contributed by atoms with Crippen molar-refractivity contribution in [2.75, 3.05) is 13.2 Å². The van der Waals surface area contributed by atoms with Gasteiger partial charge in [-0.15, -0.1) is 0 Å². The highest BCUT2D eigenvalue weighted by Crippen LogP contribution is 2.21. The Labute approximate surface area is 113 Å². The average molecular weight is 314 g/mol. The molecule has 0 radical (unpaired) electrons. The summed E-state index contributed by atoms with van der Waals surface area (Å²) in [5, 5.41) is 0.0283. The molecular weight excluding hydrogens is 305 g/mol. The highest BCUT2D eigenvalue weighted by atomic mass is 35.5. The van der Waals surface area contributed by atoms with E-state index in [1.54, 1.807) is 0 Å². The first-order chi connectivity index (χ1) is 8.33. The third-order valence-electron chi connectivity index (χ3n) is 1.72. The maximum atomic E-state index is 11.7. The number of amides is 1. The van der Waals surface area contributed by atoms with Crippen LogP contribution in [0.3, 0.4) is 0 Å². The Kier molecular flexibility index (Phi) is 5.15. The molecule has 0 bridgehead atoms. The fraction of sp³-hybridized carbons (Fsp3) is 0.250. The highest BCUT2D eigenvalue weighted by Gasteiger charge is 2.15. The Morgan fingerprint density at radius 2 is 2.17 bits per heavy atom. The second kappa shape index (κ2) is 6.19. The van der Waals surface area contributed by atoms with Gasteiger partial charge in [0.25, 0.3) is 0 Å². The zero-order valence-electron chi connectivity index (χ0n) is 8.89. The van der Waals surface area contributed by atoms with Crippen molar-refractivity contribution in [1.82, 2.24) is 9.71 Å². The zero-order chi connectivity index (χ0) is 13.8. The van der Waals surface area contributed by atoms with Crippen molar-refractivity contribution in [2.45, 2.75) is 4.90 Å². The van der Waals surface area contributed by atoms with E-state index in [-0.39, 0.29) is 28.2 Å². The average Bonchev–Trinajstić information content (AvgIpc) is 2.28. The fourth-order valence-electron chi connectivity index (χ4n) is 0.962. The molecule has 0 atom stereocenters. The van der Waals surface area contributed by atoms with Crippen LogP contribution < -0.4 is 10.5 Å². The minimum Gasteiger partial charge on any atom is -0.448 e. The van der Waals surface area contributed by atoms with E-state index in [0.717, 1.165) is 12.3 Å². The molecule has 0 spiro atoms. The summed E-state index contributed by atoms with van der Waals surface area (Å²) >= 11 is 11.2. The van der Waals surface area contributed by atoms with Gasteiger partial charge >= 0.3 is 6.09 Å². The van der Waals surface area contributed by atoms with Gasteiger partial charge in [0.15, 0.2) is 0 Å². The first kappa shape index (κ1) is 15.0. The maximum absolute atomic E-state index is 11.7. The van der Waals surface area contributed by atoms with Gasteiger partial charge < -0.3 is 10.5 Å². The number of carbonyl (C=O) groups is 1. The SMILES string of the molecule is NC(=O)OCCNS(=O)(=O)c1cnc(Cl)c(Cl)c1. The molecule has 1 aromatic heterocycles. The summed E-state index contributed by atoms with van der Waals surface area (Å²) in [7, 11) is -3.79. The van der Waals surface area contributed by atoms with Crippen LogP contribution in [0.15, 0.2) is 17.2 Å². The predicted octanol–water partition coefficient (Wildman–Crippen LogP) is 0.762. The van der Waals surface area contributed by atoms with Crippen LogP contribution in [-0.2, 0) is 14.8 Å². The summed E-state index contributed by atoms with van der Waals surface area (Å²) in [5.74, 6) is 0. The van der Waals surface area contributed by atoms with Gasteiger partial charge in [-0.3, -0.25) is 0 Å². The number of carbonyl (C=O) groups excluding carboxylic acids is 1. The Hall–Kier alpha value is -1.09. The summed E-state index contributed by atoms with van der Waals surface area (Å²) in [5.41, 5.74) is 4.71. The lowest BCUT2D eigenvalue weighted by Crippen LogP contribution is -2.29. The number of primary amides is 1. The second-order valence-corrected chi connectivity index (χ2v) is 5.54. The van der Waals surface area contributed by atoms with Gasteiger partial charge in [0, 0.05) is 12.7 Å². The van der Waals surface area contributed by atoms with Crippen molar-refractivity contribution < 1.29 is 17.9 Å². The Bertz CT molecular complexity index is 549. The Morgan fingerprint density at radius 3 is 2.72 bits per heavy atom. The van der Waals surface area contributed by atoms with Crippen LogP contribution >= 0.6 is 23.2 Å². The van der Waals surface area contributed by atoms with Gasteiger partial charge in [0.2, 0.25) is 10.0 Å². The van der Waals surface area contributed by atoms with Crippen LogP contribution in [0.5, 0.6) is 0 Å². The van der Waals surface area contributed by atoms with Gasteiger partial charge in [-0.1, -0.05) is 23.2 Å². The second-order valence-electron chi connectivity index (χ2n) is 3.01. The summed E-state index contributed by atoms with van der Waals surface area (Å²) in [6.45, 7) is -0.297. The summed E-state index contributed by atoms with van der Waals surface area (Å²) in [4.78, 5) is 13.7. The topological polar surface area (TPSA) is 111 Å². The molecule has 18 heavy (non-hydrogen) atoms. The molecule has 1 aromatic rings. The largest absolute Gasteiger partial charge is 0.448 e. The van der Waals surface area contributed by atoms with Crippen molar-refractivity contribution in [2.24, 2.45) is 5.73 Å². The van der Waals surface area contributed by atoms with Crippen LogP contribution in [0.1, 0.15) is 0 Å². The first-order valence-corrected chi connectivity index (χ1v) is 6.80. The number of rotatable bonds is 5. The monoisotopic (exact) mass is 313 g/mol. The Morgan fingerprint density at radius 1 is 1.50 bits per heavy atom. The van der Waals surface area contributed by atoms with E-state index in [9.17, 15) is 13.2 Å². The molecule has 0 aromatic carbocycles. The van der Waals surface area contributed by atoms with E-state index in [1.807, 2.05) is 0 Å². The lowest BCUT2D eigenvalue weighted by molar-refractivity contribution is 0.159. The molecule has 0 aliphatic rings. The van der Waals surface area contributed by atoms with Gasteiger partial charge in [0.1, 0.15) is 16.7 Å². The quantitative estimate of drug-likeness (QED) is 0.615. The van der Waals surface area contributed by atoms with Crippen LogP contribution in [0, 0.1) is 0 Å². The molecule has 3 N–H and O–H groups in total. The normalized spacial score (nSPS) is 11.2. The fourth-order valence-corrected chi connectivity index (χ4v) is 2.28. The van der Waals surface area contributed by atoms with Crippen molar-refractivity contribution in [3.05, 3.63) is 22.4 Å². The number of hydrogen-bond acceptors (Lipinski definition) is 5. The van der Waals surface area contributed by atoms with Gasteiger partial charge in [0.05, 0.1) is 5.02 Å². The number of pyridine rings is 1. The van der Waals surface area contributed by atoms with E-state index >= 15 is 0 Å². The maximum Gasteiger partial charge on any atom is 0.404 e. The van der Waals surface area contributed by atoms with Crippen molar-refractivity contribution in [1.29, 1.82) is 0 Å². The molecule has 10 heteroatoms. The molecule has 100 valence electrons. The summed E-state index contributed by atoms with van der Waals surface area (Å²) < 4.78 is 30.0. The van der Waals surface area contributed by atoms with Crippen LogP contribution in [-0.4, -0.2) is 32.6 Å². The Balaban J connectivity index is 2.68. The number of sulfonamides is 1. The molecule has 0 aliphatic carbocycles. The van der Waals surface area contributed by atoms with Crippen molar-refractivity contribution in [3.63, 3.8) is 0 Å². The van der Waals surface area contributed by atoms with E-state index in [4.69, 9.17) is 28.9 Å². The lowest BCUT2D eigenvalue weighted by atomic mass is 10.5. The van der Waals surface area contributed by atoms with E-state index in [2.05, 4.69) is 14.4 Å². The molecule has 0 saturated carbocycles. The lowest BCUT2D eigenvalue weighted by Gasteiger charge is -2.07. The standard InChI is InChI=1S/C8H9Cl2N3O4S/c9-6-3-5(4-12-7(6)10)18(15,16)13-1-2-17-8(11)14/h3-4,13H,1-2H2,(H2,11,14). The molecule has 0 unspecified atom stereocenters. The number of nitrogens with one attached hydrogen (secondary N) is 1. The third-order valence-corrected chi connectivity index (χ3v) is 3.83. The highest BCUT2D eigenvalue weighted by molar-refractivity contribution is 7.89. The van der Waals surface area contributed by atoms with E-state index in [0.29, 0.717) is 0 Å². The molecule has 0 aliphatic heterocycles. The number of aromatic nitrogens is 1. The number of nitrogens with zero attached hydrogens (tertiary/aromatic N) is 1. The number of hydrogen-bond donors (Lipinski definition) is 2. The van der Waals surface area contributed by atoms with Gasteiger partial charge in [-0.05, 0) is 6.07 Å². The zero-order valence-corrected chi connectivity index (χ0v) is 11.2. The molecular formula is C8H9Cl2N3O4S. The summed E-state index contributed by atoms with van der Waals surface area (Å²) in [6.07, 6.45) is 0.0799. The predicted molar refractivity (Wildman–Crippen MR) is 65.0 cm³/mol. The van der Waals surface area contributed by atoms with Gasteiger partial charge in [-0.2, -0.15) is 0 Å². The van der Waals surface area contributed by atoms with Gasteiger partial charge in [-0.25, -0.2) is 22.9 Å². The van der Waals surface area contributed by atoms with E-state index < -0.39 is 16.1 Å². The van der Waals surface area contributed by atoms with Crippen LogP contribution in [0.25, 0.3) is 0 Å². The number of halogens is 2. The van der Waals surface area contributed by atoms with Crippen LogP contribution in [0.2, 0.25) is 10.2 Å². The number of nitrogens with two attached hydrogens (primary N) is 1. The van der Waals surface area contributed by atoms with E-state index in [1.165, 1.54) is 0 Å². The summed E-state index contributed by atoms with van der Waals surface area (Å²) in [6, 6.07) is 1.16. The minimum atomic E-state index is -3.79. The molecule has 1 rings (SSSR count). The molecule has 0 saturated heterocycles. The molecule has 0 fully saturated rings. The molecule has 1 heterocycles. The molecule has 1 amide bonds.